The Morgan fingerprint density at radius 1 is 1.04 bits per heavy atom. The predicted octanol–water partition coefficient (Wildman–Crippen LogP) is 4.23. The number of pyridine rings is 1. The summed E-state index contributed by atoms with van der Waals surface area (Å²) in [6.07, 6.45) is 11.5. The summed E-state index contributed by atoms with van der Waals surface area (Å²) >= 11 is 0. The molecule has 0 spiro atoms. The smallest absolute Gasteiger partial charge is 0.274 e. The Morgan fingerprint density at radius 3 is 2.67 bits per heavy atom. The van der Waals surface area contributed by atoms with Gasteiger partial charge in [0.1, 0.15) is 23.5 Å². The summed E-state index contributed by atoms with van der Waals surface area (Å²) in [5.41, 5.74) is 4.76. The van der Waals surface area contributed by atoms with Gasteiger partial charge in [-0.3, -0.25) is 24.4 Å². The van der Waals surface area contributed by atoms with E-state index < -0.39 is 0 Å². The number of fused-ring (bicyclic) bond motifs is 1. The summed E-state index contributed by atoms with van der Waals surface area (Å²) in [5.74, 6) is 0.625. The molecule has 1 aromatic carbocycles. The maximum absolute atomic E-state index is 13.2. The fourth-order valence-corrected chi connectivity index (χ4v) is 6.83. The molecule has 12 heteroatoms. The Labute approximate surface area is 287 Å². The van der Waals surface area contributed by atoms with Crippen molar-refractivity contribution in [2.75, 3.05) is 62.7 Å². The molecule has 3 aromatic heterocycles. The maximum atomic E-state index is 13.2. The van der Waals surface area contributed by atoms with Gasteiger partial charge in [0.25, 0.3) is 5.91 Å². The first-order chi connectivity index (χ1) is 24.0. The summed E-state index contributed by atoms with van der Waals surface area (Å²) in [6.45, 7) is 9.39. The topological polar surface area (TPSA) is 132 Å². The fraction of sp³-hybridized carbons (Fsp3) is 0.432. The Morgan fingerprint density at radius 2 is 1.88 bits per heavy atom. The molecule has 2 saturated heterocycles. The number of nitrogens with zero attached hydrogens (tertiary/aromatic N) is 6. The van der Waals surface area contributed by atoms with Crippen LogP contribution in [0.3, 0.4) is 0 Å². The largest absolute Gasteiger partial charge is 0.378 e. The van der Waals surface area contributed by atoms with Crippen LogP contribution in [-0.4, -0.2) is 106 Å². The zero-order valence-corrected chi connectivity index (χ0v) is 28.1. The van der Waals surface area contributed by atoms with E-state index >= 15 is 0 Å². The Bertz CT molecular complexity index is 1780. The van der Waals surface area contributed by atoms with Crippen LogP contribution in [0.5, 0.6) is 0 Å². The maximum Gasteiger partial charge on any atom is 0.274 e. The van der Waals surface area contributed by atoms with Gasteiger partial charge in [-0.25, -0.2) is 9.97 Å². The van der Waals surface area contributed by atoms with Crippen molar-refractivity contribution >= 4 is 34.4 Å². The number of H-pyrrole nitrogens is 1. The number of rotatable bonds is 12. The minimum absolute atomic E-state index is 0.0249. The molecule has 1 saturated carbocycles. The van der Waals surface area contributed by atoms with E-state index in [2.05, 4.69) is 58.3 Å². The number of carbonyl (C=O) groups excluding carboxylic acids is 2. The summed E-state index contributed by atoms with van der Waals surface area (Å²) in [6, 6.07) is 14.4. The average Bonchev–Trinajstić information content (AvgIpc) is 3.88. The number of likely N-dealkylation sites (N-methyl/N-ethyl adjacent to an activating group) is 1. The lowest BCUT2D eigenvalue weighted by Crippen LogP contribution is -2.47. The number of carbonyl (C=O) groups is 2. The third kappa shape index (κ3) is 8.33. The van der Waals surface area contributed by atoms with Gasteiger partial charge >= 0.3 is 0 Å². The van der Waals surface area contributed by atoms with Gasteiger partial charge in [-0.2, -0.15) is 0 Å². The highest BCUT2D eigenvalue weighted by atomic mass is 16.5. The number of nitrogens with one attached hydrogen (secondary N) is 3. The minimum atomic E-state index is -0.260. The second kappa shape index (κ2) is 15.3. The summed E-state index contributed by atoms with van der Waals surface area (Å²) < 4.78 is 5.50. The number of aromatic nitrogens is 4. The quantitative estimate of drug-likeness (QED) is 0.191. The van der Waals surface area contributed by atoms with Gasteiger partial charge in [-0.1, -0.05) is 25.1 Å². The van der Waals surface area contributed by atoms with Crippen molar-refractivity contribution in [2.24, 2.45) is 0 Å². The van der Waals surface area contributed by atoms with Crippen molar-refractivity contribution in [1.29, 1.82) is 0 Å². The van der Waals surface area contributed by atoms with E-state index in [4.69, 9.17) is 4.74 Å². The molecule has 49 heavy (non-hydrogen) atoms. The number of hydrogen-bond acceptors (Lipinski definition) is 9. The third-order valence-electron chi connectivity index (χ3n) is 9.56. The monoisotopic (exact) mass is 663 g/mol. The molecule has 0 unspecified atom stereocenters. The van der Waals surface area contributed by atoms with Crippen LogP contribution in [0, 0.1) is 0 Å². The summed E-state index contributed by atoms with van der Waals surface area (Å²) in [4.78, 5) is 49.5. The Hall–Kier alpha value is -4.65. The first-order valence-electron chi connectivity index (χ1n) is 17.5. The van der Waals surface area contributed by atoms with Gasteiger partial charge in [-0.05, 0) is 80.2 Å². The number of aromatic amines is 1. The van der Waals surface area contributed by atoms with Gasteiger partial charge in [-0.15, -0.1) is 0 Å². The number of hydrogen-bond donors (Lipinski definition) is 3. The molecule has 0 radical (unpaired) electrons. The van der Waals surface area contributed by atoms with Crippen LogP contribution in [0.2, 0.25) is 0 Å². The molecule has 7 rings (SSSR count). The van der Waals surface area contributed by atoms with Crippen molar-refractivity contribution < 1.29 is 14.3 Å². The zero-order valence-electron chi connectivity index (χ0n) is 28.1. The Kier molecular flexibility index (Phi) is 10.2. The predicted molar refractivity (Wildman–Crippen MR) is 190 cm³/mol. The SMILES string of the molecule is CCN(C/C=C/C(=O)N[C@@H]1CCCN(Cc2ccnc(C(=O)Nc3ccc(-c4cc5c(N6CCOCC6)ncnc5[nH]4)cc3)c2)C1)C1CC1. The van der Waals surface area contributed by atoms with E-state index in [0.717, 1.165) is 85.8 Å². The molecule has 3 aliphatic rings. The molecule has 2 amide bonds. The molecule has 5 heterocycles. The van der Waals surface area contributed by atoms with Crippen molar-refractivity contribution in [3.63, 3.8) is 0 Å². The molecule has 3 N–H and O–H groups in total. The molecule has 0 bridgehead atoms. The van der Waals surface area contributed by atoms with E-state index in [-0.39, 0.29) is 17.9 Å². The molecule has 1 aliphatic carbocycles. The summed E-state index contributed by atoms with van der Waals surface area (Å²) in [5, 5.41) is 7.15. The average molecular weight is 664 g/mol. The third-order valence-corrected chi connectivity index (χ3v) is 9.56. The van der Waals surface area contributed by atoms with Crippen LogP contribution in [-0.2, 0) is 16.1 Å². The van der Waals surface area contributed by atoms with Gasteiger partial charge < -0.3 is 25.3 Å². The van der Waals surface area contributed by atoms with Gasteiger partial charge in [0, 0.05) is 68.5 Å². The van der Waals surface area contributed by atoms with E-state index in [1.807, 2.05) is 42.5 Å². The van der Waals surface area contributed by atoms with Gasteiger partial charge in [0.05, 0.1) is 18.6 Å². The van der Waals surface area contributed by atoms with Crippen LogP contribution < -0.4 is 15.5 Å². The zero-order chi connectivity index (χ0) is 33.6. The van der Waals surface area contributed by atoms with Crippen LogP contribution in [0.15, 0.2) is 67.1 Å². The molecule has 256 valence electrons. The lowest BCUT2D eigenvalue weighted by Gasteiger charge is -2.33. The minimum Gasteiger partial charge on any atom is -0.378 e. The number of morpholine rings is 1. The molecule has 4 aromatic rings. The normalized spacial score (nSPS) is 18.7. The lowest BCUT2D eigenvalue weighted by molar-refractivity contribution is -0.117. The van der Waals surface area contributed by atoms with E-state index in [9.17, 15) is 9.59 Å². The van der Waals surface area contributed by atoms with E-state index in [0.29, 0.717) is 37.2 Å². The van der Waals surface area contributed by atoms with Crippen LogP contribution in [0.25, 0.3) is 22.3 Å². The molecule has 1 atom stereocenters. The summed E-state index contributed by atoms with van der Waals surface area (Å²) in [7, 11) is 0. The highest BCUT2D eigenvalue weighted by Crippen LogP contribution is 2.30. The van der Waals surface area contributed by atoms with Crippen molar-refractivity contribution in [3.8, 4) is 11.3 Å². The first kappa shape index (κ1) is 32.9. The molecule has 12 nitrogen and oxygen atoms in total. The van der Waals surface area contributed by atoms with E-state index in [1.54, 1.807) is 18.6 Å². The number of amides is 2. The second-order valence-electron chi connectivity index (χ2n) is 13.1. The molecular formula is C37H45N9O3. The van der Waals surface area contributed by atoms with Gasteiger partial charge in [0.15, 0.2) is 0 Å². The number of piperidine rings is 1. The van der Waals surface area contributed by atoms with Crippen molar-refractivity contribution in [2.45, 2.75) is 51.2 Å². The second-order valence-corrected chi connectivity index (χ2v) is 13.1. The Balaban J connectivity index is 0.925. The standard InChI is InChI=1S/C37H45N9O3/c1-2-45(30-11-12-30)16-4-6-34(47)41-29-5-3-15-44(24-29)23-26-13-14-38-33(21-26)37(48)42-28-9-7-27(8-10-28)32-22-31-35(43-32)39-25-40-36(31)46-17-19-49-20-18-46/h4,6-10,13-14,21-22,25,29-30H,2-3,5,11-12,15-20,23-24H2,1H3,(H,41,47)(H,42,48)(H,39,40,43)/b6-4+/t29-/m1/s1. The van der Waals surface area contributed by atoms with Crippen molar-refractivity contribution in [1.82, 2.24) is 35.1 Å². The van der Waals surface area contributed by atoms with Crippen LogP contribution in [0.4, 0.5) is 11.5 Å². The number of anilines is 2. The van der Waals surface area contributed by atoms with Crippen molar-refractivity contribution in [3.05, 3.63) is 78.4 Å². The van der Waals surface area contributed by atoms with E-state index in [1.165, 1.54) is 12.8 Å². The highest BCUT2D eigenvalue weighted by molar-refractivity contribution is 6.03. The molecular weight excluding hydrogens is 618 g/mol. The number of ether oxygens (including phenoxy) is 1. The van der Waals surface area contributed by atoms with Crippen LogP contribution >= 0.6 is 0 Å². The molecule has 3 fully saturated rings. The lowest BCUT2D eigenvalue weighted by atomic mass is 10.0. The highest BCUT2D eigenvalue weighted by Gasteiger charge is 2.27. The first-order valence-corrected chi connectivity index (χ1v) is 17.5. The fourth-order valence-electron chi connectivity index (χ4n) is 6.83. The van der Waals surface area contributed by atoms with Crippen LogP contribution in [0.1, 0.15) is 48.7 Å². The number of benzene rings is 1. The molecule has 2 aliphatic heterocycles. The number of likely N-dealkylation sites (tertiary alicyclic amines) is 1. The van der Waals surface area contributed by atoms with Gasteiger partial charge in [0.2, 0.25) is 5.91 Å².